The number of piperidine rings is 1. The molecule has 0 aliphatic carbocycles. The molecule has 174 valence electrons. The first-order valence-electron chi connectivity index (χ1n) is 10.9. The first-order chi connectivity index (χ1) is 15.3. The maximum Gasteiger partial charge on any atom is 0.222 e. The van der Waals surface area contributed by atoms with Gasteiger partial charge in [-0.05, 0) is 55.2 Å². The molecule has 2 aromatic carbocycles. The number of hydrogen-bond acceptors (Lipinski definition) is 5. The Balaban J connectivity index is 1.78. The molecule has 0 N–H and O–H groups in total. The molecule has 0 saturated carbocycles. The van der Waals surface area contributed by atoms with Gasteiger partial charge in [-0.2, -0.15) is 4.31 Å². The van der Waals surface area contributed by atoms with Gasteiger partial charge in [0, 0.05) is 32.1 Å². The number of sulfonamides is 1. The normalized spacial score (nSPS) is 16.9. The van der Waals surface area contributed by atoms with Crippen LogP contribution < -0.4 is 9.47 Å². The zero-order chi connectivity index (χ0) is 23.1. The third-order valence-electron chi connectivity index (χ3n) is 5.88. The number of methoxy groups -OCH3 is 2. The summed E-state index contributed by atoms with van der Waals surface area (Å²) in [5, 5.41) is 0. The second kappa shape index (κ2) is 10.8. The fraction of sp³-hybridized carbons (Fsp3) is 0.458. The SMILES string of the molecule is COc1ccc(CN(Cc2ccc(OC)cc2)S(=O)(=O)CCN2C(=O)CCCC2C)cc1. The first-order valence-corrected chi connectivity index (χ1v) is 12.5. The van der Waals surface area contributed by atoms with E-state index >= 15 is 0 Å². The molecule has 1 aliphatic rings. The summed E-state index contributed by atoms with van der Waals surface area (Å²) in [4.78, 5) is 14.0. The molecule has 7 nitrogen and oxygen atoms in total. The number of nitrogens with zero attached hydrogens (tertiary/aromatic N) is 2. The molecule has 1 unspecified atom stereocenters. The third kappa shape index (κ3) is 6.23. The van der Waals surface area contributed by atoms with Gasteiger partial charge in [-0.1, -0.05) is 24.3 Å². The van der Waals surface area contributed by atoms with Crippen LogP contribution in [0.3, 0.4) is 0 Å². The number of amides is 1. The van der Waals surface area contributed by atoms with Crippen molar-refractivity contribution in [3.8, 4) is 11.5 Å². The number of carbonyl (C=O) groups is 1. The topological polar surface area (TPSA) is 76.2 Å². The monoisotopic (exact) mass is 460 g/mol. The average Bonchev–Trinajstić information content (AvgIpc) is 2.79. The van der Waals surface area contributed by atoms with Gasteiger partial charge in [-0.3, -0.25) is 4.79 Å². The highest BCUT2D eigenvalue weighted by Gasteiger charge is 2.29. The standard InChI is InChI=1S/C24H32N2O5S/c1-19-5-4-6-24(27)26(19)15-16-32(28,29)25(17-20-7-11-22(30-2)12-8-20)18-21-9-13-23(31-3)14-10-21/h7-14,19H,4-6,15-18H2,1-3H3. The molecule has 2 aromatic rings. The summed E-state index contributed by atoms with van der Waals surface area (Å²) in [7, 11) is -0.428. The van der Waals surface area contributed by atoms with Gasteiger partial charge < -0.3 is 14.4 Å². The van der Waals surface area contributed by atoms with Gasteiger partial charge >= 0.3 is 0 Å². The number of rotatable bonds is 10. The fourth-order valence-electron chi connectivity index (χ4n) is 3.90. The van der Waals surface area contributed by atoms with Crippen LogP contribution in [0, 0.1) is 0 Å². The minimum Gasteiger partial charge on any atom is -0.497 e. The van der Waals surface area contributed by atoms with Gasteiger partial charge in [-0.25, -0.2) is 8.42 Å². The van der Waals surface area contributed by atoms with Crippen LogP contribution in [0.2, 0.25) is 0 Å². The Labute approximate surface area is 191 Å². The highest BCUT2D eigenvalue weighted by Crippen LogP contribution is 2.21. The van der Waals surface area contributed by atoms with Crippen LogP contribution >= 0.6 is 0 Å². The molecule has 0 spiro atoms. The fourth-order valence-corrected chi connectivity index (χ4v) is 5.28. The Hall–Kier alpha value is -2.58. The molecule has 1 fully saturated rings. The van der Waals surface area contributed by atoms with E-state index in [9.17, 15) is 13.2 Å². The molecule has 1 saturated heterocycles. The summed E-state index contributed by atoms with van der Waals surface area (Å²) >= 11 is 0. The van der Waals surface area contributed by atoms with Crippen molar-refractivity contribution in [3.63, 3.8) is 0 Å². The molecule has 0 radical (unpaired) electrons. The van der Waals surface area contributed by atoms with Gasteiger partial charge in [0.15, 0.2) is 0 Å². The van der Waals surface area contributed by atoms with E-state index < -0.39 is 10.0 Å². The molecule has 3 rings (SSSR count). The van der Waals surface area contributed by atoms with E-state index in [-0.39, 0.29) is 37.3 Å². The summed E-state index contributed by atoms with van der Waals surface area (Å²) in [6.07, 6.45) is 2.27. The summed E-state index contributed by atoms with van der Waals surface area (Å²) in [6, 6.07) is 14.8. The van der Waals surface area contributed by atoms with Crippen LogP contribution in [-0.4, -0.2) is 56.1 Å². The Morgan fingerprint density at radius 2 is 1.44 bits per heavy atom. The number of hydrogen-bond donors (Lipinski definition) is 0. The number of carbonyl (C=O) groups excluding carboxylic acids is 1. The Bertz CT molecular complexity index is 941. The maximum absolute atomic E-state index is 13.4. The van der Waals surface area contributed by atoms with Crippen LogP contribution in [0.25, 0.3) is 0 Å². The van der Waals surface area contributed by atoms with Gasteiger partial charge in [0.2, 0.25) is 15.9 Å². The minimum absolute atomic E-state index is 0.0378. The van der Waals surface area contributed by atoms with Gasteiger partial charge in [0.25, 0.3) is 0 Å². The van der Waals surface area contributed by atoms with Crippen molar-refractivity contribution >= 4 is 15.9 Å². The van der Waals surface area contributed by atoms with Crippen LogP contribution in [0.15, 0.2) is 48.5 Å². The van der Waals surface area contributed by atoms with E-state index in [1.54, 1.807) is 19.1 Å². The zero-order valence-corrected chi connectivity index (χ0v) is 19.8. The lowest BCUT2D eigenvalue weighted by atomic mass is 10.0. The van der Waals surface area contributed by atoms with Gasteiger partial charge in [-0.15, -0.1) is 0 Å². The lowest BCUT2D eigenvalue weighted by Crippen LogP contribution is -2.45. The molecule has 0 bridgehead atoms. The van der Waals surface area contributed by atoms with E-state index in [0.717, 1.165) is 35.5 Å². The van der Waals surface area contributed by atoms with Crippen molar-refractivity contribution in [1.82, 2.24) is 9.21 Å². The number of benzene rings is 2. The lowest BCUT2D eigenvalue weighted by molar-refractivity contribution is -0.135. The predicted octanol–water partition coefficient (Wildman–Crippen LogP) is 3.44. The van der Waals surface area contributed by atoms with Crippen molar-refractivity contribution in [2.75, 3.05) is 26.5 Å². The van der Waals surface area contributed by atoms with Crippen molar-refractivity contribution in [2.45, 2.75) is 45.3 Å². The largest absolute Gasteiger partial charge is 0.497 e. The van der Waals surface area contributed by atoms with Crippen molar-refractivity contribution < 1.29 is 22.7 Å². The highest BCUT2D eigenvalue weighted by molar-refractivity contribution is 7.89. The summed E-state index contributed by atoms with van der Waals surface area (Å²) in [5.41, 5.74) is 1.73. The average molecular weight is 461 g/mol. The number of ether oxygens (including phenoxy) is 2. The highest BCUT2D eigenvalue weighted by atomic mass is 32.2. The second-order valence-electron chi connectivity index (χ2n) is 8.11. The van der Waals surface area contributed by atoms with Crippen LogP contribution in [0.1, 0.15) is 37.3 Å². The molecular formula is C24H32N2O5S. The molecule has 1 aliphatic heterocycles. The van der Waals surface area contributed by atoms with E-state index in [1.165, 1.54) is 4.31 Å². The summed E-state index contributed by atoms with van der Waals surface area (Å²) < 4.78 is 38.6. The third-order valence-corrected chi connectivity index (χ3v) is 7.63. The van der Waals surface area contributed by atoms with Crippen LogP contribution in [-0.2, 0) is 27.9 Å². The molecule has 1 atom stereocenters. The molecule has 8 heteroatoms. The Kier molecular flexibility index (Phi) is 8.15. The van der Waals surface area contributed by atoms with E-state index in [2.05, 4.69) is 0 Å². The van der Waals surface area contributed by atoms with Gasteiger partial charge in [0.1, 0.15) is 11.5 Å². The van der Waals surface area contributed by atoms with Crippen molar-refractivity contribution in [1.29, 1.82) is 0 Å². The Morgan fingerprint density at radius 3 is 1.88 bits per heavy atom. The summed E-state index contributed by atoms with van der Waals surface area (Å²) in [6.45, 7) is 2.67. The minimum atomic E-state index is -3.62. The molecule has 0 aromatic heterocycles. The smallest absolute Gasteiger partial charge is 0.222 e. The molecule has 1 amide bonds. The van der Waals surface area contributed by atoms with Gasteiger partial charge in [0.05, 0.1) is 20.0 Å². The second-order valence-corrected chi connectivity index (χ2v) is 10.2. The molecule has 1 heterocycles. The van der Waals surface area contributed by atoms with E-state index in [0.29, 0.717) is 6.42 Å². The zero-order valence-electron chi connectivity index (χ0n) is 19.0. The van der Waals surface area contributed by atoms with Crippen LogP contribution in [0.4, 0.5) is 0 Å². The molecule has 32 heavy (non-hydrogen) atoms. The maximum atomic E-state index is 13.4. The van der Waals surface area contributed by atoms with Crippen molar-refractivity contribution in [3.05, 3.63) is 59.7 Å². The molecular weight excluding hydrogens is 428 g/mol. The quantitative estimate of drug-likeness (QED) is 0.543. The van der Waals surface area contributed by atoms with Crippen molar-refractivity contribution in [2.24, 2.45) is 0 Å². The number of likely N-dealkylation sites (tertiary alicyclic amines) is 1. The summed E-state index contributed by atoms with van der Waals surface area (Å²) in [5.74, 6) is 1.37. The van der Waals surface area contributed by atoms with Crippen LogP contribution in [0.5, 0.6) is 11.5 Å². The Morgan fingerprint density at radius 1 is 0.938 bits per heavy atom. The lowest BCUT2D eigenvalue weighted by Gasteiger charge is -2.34. The van der Waals surface area contributed by atoms with E-state index in [4.69, 9.17) is 9.47 Å². The first kappa shape index (κ1) is 24.1. The predicted molar refractivity (Wildman–Crippen MR) is 124 cm³/mol. The van der Waals surface area contributed by atoms with E-state index in [1.807, 2.05) is 55.5 Å².